The van der Waals surface area contributed by atoms with Gasteiger partial charge < -0.3 is 9.88 Å². The molecule has 0 spiro atoms. The Morgan fingerprint density at radius 2 is 1.92 bits per heavy atom. The largest absolute Gasteiger partial charge is 0.359 e. The Balaban J connectivity index is 1.76. The summed E-state index contributed by atoms with van der Waals surface area (Å²) < 4.78 is 25.4. The van der Waals surface area contributed by atoms with Crippen molar-refractivity contribution in [3.8, 4) is 0 Å². The number of sulfone groups is 1. The summed E-state index contributed by atoms with van der Waals surface area (Å²) in [5.41, 5.74) is 2.30. The number of carbonyl (C=O) groups is 1. The van der Waals surface area contributed by atoms with E-state index >= 15 is 0 Å². The van der Waals surface area contributed by atoms with Crippen molar-refractivity contribution >= 4 is 15.7 Å². The maximum absolute atomic E-state index is 11.8. The van der Waals surface area contributed by atoms with Crippen LogP contribution >= 0.6 is 0 Å². The van der Waals surface area contributed by atoms with Gasteiger partial charge in [0.05, 0.1) is 4.90 Å². The van der Waals surface area contributed by atoms with Crippen molar-refractivity contribution in [2.24, 2.45) is 5.92 Å². The minimum absolute atomic E-state index is 0.0584. The van der Waals surface area contributed by atoms with Crippen LogP contribution in [0.15, 0.2) is 47.5 Å². The number of benzene rings is 1. The minimum atomic E-state index is -3.18. The van der Waals surface area contributed by atoms with Gasteiger partial charge in [-0.1, -0.05) is 12.1 Å². The van der Waals surface area contributed by atoms with Gasteiger partial charge in [-0.15, -0.1) is 0 Å². The maximum atomic E-state index is 11.8. The number of nitrogens with zero attached hydrogens (tertiary/aromatic N) is 2. The summed E-state index contributed by atoms with van der Waals surface area (Å²) in [6, 6.07) is 11.2. The minimum Gasteiger partial charge on any atom is -0.359 e. The van der Waals surface area contributed by atoms with E-state index in [4.69, 9.17) is 0 Å². The predicted molar refractivity (Wildman–Crippen MR) is 100 cm³/mol. The van der Waals surface area contributed by atoms with Gasteiger partial charge in [0.15, 0.2) is 9.84 Å². The average Bonchev–Trinajstić information content (AvgIpc) is 2.94. The van der Waals surface area contributed by atoms with Crippen molar-refractivity contribution < 1.29 is 13.2 Å². The normalized spacial score (nSPS) is 18.2. The molecule has 0 unspecified atom stereocenters. The Labute approximate surface area is 154 Å². The third-order valence-electron chi connectivity index (χ3n) is 4.79. The van der Waals surface area contributed by atoms with Gasteiger partial charge in [0.1, 0.15) is 0 Å². The van der Waals surface area contributed by atoms with Crippen LogP contribution in [0.3, 0.4) is 0 Å². The second-order valence-corrected chi connectivity index (χ2v) is 9.00. The molecule has 1 aliphatic heterocycles. The lowest BCUT2D eigenvalue weighted by atomic mass is 10.0. The molecule has 1 aromatic carbocycles. The molecule has 6 nitrogen and oxygen atoms in total. The van der Waals surface area contributed by atoms with Crippen molar-refractivity contribution in [2.45, 2.75) is 31.0 Å². The van der Waals surface area contributed by atoms with Crippen LogP contribution in [-0.2, 0) is 34.3 Å². The number of hydrogen-bond acceptors (Lipinski definition) is 4. The fourth-order valence-electron chi connectivity index (χ4n) is 3.48. The molecule has 1 aliphatic rings. The summed E-state index contributed by atoms with van der Waals surface area (Å²) in [5.74, 6) is 0.293. The first kappa shape index (κ1) is 18.7. The van der Waals surface area contributed by atoms with Crippen LogP contribution in [0.4, 0.5) is 0 Å². The summed E-state index contributed by atoms with van der Waals surface area (Å²) >= 11 is 0. The van der Waals surface area contributed by atoms with Crippen molar-refractivity contribution in [1.82, 2.24) is 14.8 Å². The molecule has 0 saturated heterocycles. The van der Waals surface area contributed by atoms with Gasteiger partial charge in [0, 0.05) is 57.8 Å². The van der Waals surface area contributed by atoms with Crippen LogP contribution in [0.5, 0.6) is 0 Å². The Morgan fingerprint density at radius 3 is 2.58 bits per heavy atom. The molecule has 7 heteroatoms. The zero-order valence-corrected chi connectivity index (χ0v) is 16.0. The molecule has 1 N–H and O–H groups in total. The van der Waals surface area contributed by atoms with Gasteiger partial charge in [-0.25, -0.2) is 8.42 Å². The van der Waals surface area contributed by atoms with E-state index in [1.807, 2.05) is 18.2 Å². The molecule has 0 bridgehead atoms. The third kappa shape index (κ3) is 4.53. The molecule has 1 amide bonds. The van der Waals surface area contributed by atoms with E-state index in [2.05, 4.69) is 27.0 Å². The van der Waals surface area contributed by atoms with Gasteiger partial charge in [0.25, 0.3) is 0 Å². The SMILES string of the molecule is CNC(=O)C[C@@H]1CN(Cc2ccc(S(C)(=O)=O)cc2)Cc2cccn2C1. The molecule has 26 heavy (non-hydrogen) atoms. The van der Waals surface area contributed by atoms with E-state index in [0.717, 1.165) is 31.7 Å². The van der Waals surface area contributed by atoms with E-state index in [1.54, 1.807) is 19.2 Å². The molecule has 0 fully saturated rings. The highest BCUT2D eigenvalue weighted by Gasteiger charge is 2.23. The van der Waals surface area contributed by atoms with E-state index in [0.29, 0.717) is 11.3 Å². The molecule has 0 saturated carbocycles. The van der Waals surface area contributed by atoms with Gasteiger partial charge >= 0.3 is 0 Å². The molecule has 2 aromatic rings. The summed E-state index contributed by atoms with van der Waals surface area (Å²) in [7, 11) is -1.51. The van der Waals surface area contributed by atoms with Gasteiger partial charge in [0.2, 0.25) is 5.91 Å². The van der Waals surface area contributed by atoms with E-state index < -0.39 is 9.84 Å². The van der Waals surface area contributed by atoms with Crippen LogP contribution in [0.1, 0.15) is 17.7 Å². The predicted octanol–water partition coefficient (Wildman–Crippen LogP) is 1.66. The maximum Gasteiger partial charge on any atom is 0.220 e. The first-order chi connectivity index (χ1) is 12.3. The average molecular weight is 375 g/mol. The highest BCUT2D eigenvalue weighted by molar-refractivity contribution is 7.90. The number of hydrogen-bond donors (Lipinski definition) is 1. The zero-order chi connectivity index (χ0) is 18.7. The standard InChI is InChI=1S/C19H25N3O3S/c1-20-19(23)10-16-12-21(14-17-4-3-9-22(17)13-16)11-15-5-7-18(8-6-15)26(2,24)25/h3-9,16H,10-14H2,1-2H3,(H,20,23)/t16-/m1/s1. The topological polar surface area (TPSA) is 71.4 Å². The molecule has 0 aliphatic carbocycles. The summed E-state index contributed by atoms with van der Waals surface area (Å²) in [6.07, 6.45) is 3.78. The lowest BCUT2D eigenvalue weighted by Crippen LogP contribution is -2.31. The van der Waals surface area contributed by atoms with Crippen LogP contribution in [0.2, 0.25) is 0 Å². The Bertz CT molecular complexity index is 872. The monoisotopic (exact) mass is 375 g/mol. The van der Waals surface area contributed by atoms with Gasteiger partial charge in [-0.3, -0.25) is 9.69 Å². The first-order valence-electron chi connectivity index (χ1n) is 8.71. The summed E-state index contributed by atoms with van der Waals surface area (Å²) in [4.78, 5) is 14.5. The summed E-state index contributed by atoms with van der Waals surface area (Å²) in [5, 5.41) is 2.71. The number of fused-ring (bicyclic) bond motifs is 1. The molecule has 0 radical (unpaired) electrons. The number of carbonyl (C=O) groups excluding carboxylic acids is 1. The second-order valence-electron chi connectivity index (χ2n) is 6.98. The molecule has 140 valence electrons. The van der Waals surface area contributed by atoms with Crippen LogP contribution < -0.4 is 5.32 Å². The van der Waals surface area contributed by atoms with E-state index in [1.165, 1.54) is 11.9 Å². The number of rotatable bonds is 5. The first-order valence-corrected chi connectivity index (χ1v) is 10.6. The quantitative estimate of drug-likeness (QED) is 0.863. The number of aromatic nitrogens is 1. The van der Waals surface area contributed by atoms with E-state index in [9.17, 15) is 13.2 Å². The molecular formula is C19H25N3O3S. The van der Waals surface area contributed by atoms with Crippen molar-refractivity contribution in [3.05, 3.63) is 53.9 Å². The van der Waals surface area contributed by atoms with E-state index in [-0.39, 0.29) is 11.8 Å². The van der Waals surface area contributed by atoms with Gasteiger partial charge in [-0.05, 0) is 35.7 Å². The number of nitrogens with one attached hydrogen (secondary N) is 1. The third-order valence-corrected chi connectivity index (χ3v) is 5.92. The smallest absolute Gasteiger partial charge is 0.220 e. The Morgan fingerprint density at radius 1 is 1.19 bits per heavy atom. The fourth-order valence-corrected chi connectivity index (χ4v) is 4.11. The highest BCUT2D eigenvalue weighted by atomic mass is 32.2. The molecule has 2 heterocycles. The highest BCUT2D eigenvalue weighted by Crippen LogP contribution is 2.21. The Hall–Kier alpha value is -2.12. The number of amides is 1. The van der Waals surface area contributed by atoms with Crippen LogP contribution in [-0.4, -0.2) is 43.6 Å². The summed E-state index contributed by atoms with van der Waals surface area (Å²) in [6.45, 7) is 3.19. The second kappa shape index (κ2) is 7.63. The molecule has 1 aromatic heterocycles. The van der Waals surface area contributed by atoms with Crippen molar-refractivity contribution in [3.63, 3.8) is 0 Å². The van der Waals surface area contributed by atoms with Gasteiger partial charge in [-0.2, -0.15) is 0 Å². The molecular weight excluding hydrogens is 350 g/mol. The Kier molecular flexibility index (Phi) is 5.48. The molecule has 1 atom stereocenters. The fraction of sp³-hybridized carbons (Fsp3) is 0.421. The van der Waals surface area contributed by atoms with Crippen molar-refractivity contribution in [1.29, 1.82) is 0 Å². The van der Waals surface area contributed by atoms with Crippen molar-refractivity contribution in [2.75, 3.05) is 19.8 Å². The van der Waals surface area contributed by atoms with Crippen LogP contribution in [0, 0.1) is 5.92 Å². The lowest BCUT2D eigenvalue weighted by molar-refractivity contribution is -0.121. The van der Waals surface area contributed by atoms with Crippen LogP contribution in [0.25, 0.3) is 0 Å². The zero-order valence-electron chi connectivity index (χ0n) is 15.2. The lowest BCUT2D eigenvalue weighted by Gasteiger charge is -2.23. The molecule has 3 rings (SSSR count).